The van der Waals surface area contributed by atoms with Crippen LogP contribution in [0.3, 0.4) is 0 Å². The molecule has 1 aromatic heterocycles. The molecule has 0 spiro atoms. The Bertz CT molecular complexity index is 1260. The van der Waals surface area contributed by atoms with Crippen LogP contribution in [-0.4, -0.2) is 28.1 Å². The first-order valence-electron chi connectivity index (χ1n) is 10.8. The number of nitrogens with zero attached hydrogens (tertiary/aromatic N) is 1. The lowest BCUT2D eigenvalue weighted by molar-refractivity contribution is -0.115. The van der Waals surface area contributed by atoms with Crippen molar-refractivity contribution < 1.29 is 9.59 Å². The number of aromatic amines is 1. The van der Waals surface area contributed by atoms with Crippen molar-refractivity contribution in [1.82, 2.24) is 15.5 Å². The van der Waals surface area contributed by atoms with Crippen molar-refractivity contribution in [3.63, 3.8) is 0 Å². The van der Waals surface area contributed by atoms with Crippen molar-refractivity contribution in [2.75, 3.05) is 5.32 Å². The second-order valence-corrected chi connectivity index (χ2v) is 8.32. The first-order valence-corrected chi connectivity index (χ1v) is 10.8. The van der Waals surface area contributed by atoms with Gasteiger partial charge in [-0.15, -0.1) is 0 Å². The van der Waals surface area contributed by atoms with E-state index in [4.69, 9.17) is 0 Å². The van der Waals surface area contributed by atoms with Gasteiger partial charge < -0.3 is 10.6 Å². The highest BCUT2D eigenvalue weighted by Gasteiger charge is 2.33. The molecule has 160 valence electrons. The molecule has 1 heterocycles. The average molecular weight is 425 g/mol. The number of fused-ring (bicyclic) bond motifs is 1. The summed E-state index contributed by atoms with van der Waals surface area (Å²) in [7, 11) is 0. The van der Waals surface area contributed by atoms with E-state index in [1.54, 1.807) is 0 Å². The van der Waals surface area contributed by atoms with Gasteiger partial charge in [-0.05, 0) is 41.3 Å². The first kappa shape index (κ1) is 20.0. The second kappa shape index (κ2) is 8.67. The molecule has 6 nitrogen and oxygen atoms in total. The number of carbonyl (C=O) groups is 2. The fourth-order valence-electron chi connectivity index (χ4n) is 4.17. The summed E-state index contributed by atoms with van der Waals surface area (Å²) in [4.78, 5) is 24.7. The second-order valence-electron chi connectivity index (χ2n) is 8.32. The molecule has 1 aliphatic carbocycles. The average Bonchev–Trinajstić information content (AvgIpc) is 3.23. The molecule has 6 heteroatoms. The van der Waals surface area contributed by atoms with Crippen molar-refractivity contribution in [1.29, 1.82) is 0 Å². The molecular weight excluding hydrogens is 400 g/mol. The first-order chi connectivity index (χ1) is 15.6. The number of amides is 2. The van der Waals surface area contributed by atoms with E-state index in [0.29, 0.717) is 17.8 Å². The van der Waals surface area contributed by atoms with Gasteiger partial charge in [0.15, 0.2) is 0 Å². The van der Waals surface area contributed by atoms with E-state index in [1.807, 2.05) is 72.8 Å². The zero-order valence-electron chi connectivity index (χ0n) is 17.5. The van der Waals surface area contributed by atoms with Gasteiger partial charge in [0.05, 0.1) is 12.1 Å². The van der Waals surface area contributed by atoms with Crippen LogP contribution in [0.2, 0.25) is 0 Å². The molecule has 32 heavy (non-hydrogen) atoms. The van der Waals surface area contributed by atoms with Crippen molar-refractivity contribution in [2.45, 2.75) is 31.2 Å². The molecule has 0 bridgehead atoms. The lowest BCUT2D eigenvalue weighted by Gasteiger charge is -2.34. The van der Waals surface area contributed by atoms with Crippen LogP contribution in [0.5, 0.6) is 0 Å². The molecule has 5 rings (SSSR count). The lowest BCUT2D eigenvalue weighted by Crippen LogP contribution is -2.43. The summed E-state index contributed by atoms with van der Waals surface area (Å²) < 4.78 is 0. The predicted octanol–water partition coefficient (Wildman–Crippen LogP) is 4.42. The number of carbonyl (C=O) groups excluding carboxylic acids is 2. The van der Waals surface area contributed by atoms with E-state index in [0.717, 1.165) is 34.9 Å². The van der Waals surface area contributed by atoms with Crippen LogP contribution in [-0.2, 0) is 11.2 Å². The largest absolute Gasteiger partial charge is 0.349 e. The van der Waals surface area contributed by atoms with Crippen LogP contribution in [0, 0.1) is 0 Å². The Balaban J connectivity index is 1.12. The molecule has 4 aromatic rings. The zero-order valence-corrected chi connectivity index (χ0v) is 17.5. The Labute approximate surface area is 186 Å². The van der Waals surface area contributed by atoms with Crippen molar-refractivity contribution in [3.8, 4) is 0 Å². The molecule has 3 aromatic carbocycles. The molecule has 3 N–H and O–H groups in total. The van der Waals surface area contributed by atoms with Crippen LogP contribution >= 0.6 is 0 Å². The van der Waals surface area contributed by atoms with Gasteiger partial charge in [0.1, 0.15) is 5.82 Å². The third-order valence-electron chi connectivity index (χ3n) is 5.98. The maximum Gasteiger partial charge on any atom is 0.251 e. The number of H-pyrrole nitrogens is 1. The number of hydrogen-bond acceptors (Lipinski definition) is 3. The highest BCUT2D eigenvalue weighted by atomic mass is 16.2. The van der Waals surface area contributed by atoms with Crippen LogP contribution in [0.1, 0.15) is 40.4 Å². The van der Waals surface area contributed by atoms with Crippen LogP contribution < -0.4 is 10.6 Å². The maximum absolute atomic E-state index is 12.5. The Morgan fingerprint density at radius 1 is 0.906 bits per heavy atom. The summed E-state index contributed by atoms with van der Waals surface area (Å²) in [6.07, 6.45) is 1.98. The number of benzene rings is 3. The molecule has 0 unspecified atom stereocenters. The van der Waals surface area contributed by atoms with Crippen molar-refractivity contribution in [3.05, 3.63) is 95.7 Å². The number of rotatable bonds is 6. The smallest absolute Gasteiger partial charge is 0.251 e. The molecule has 1 saturated carbocycles. The van der Waals surface area contributed by atoms with Gasteiger partial charge in [-0.3, -0.25) is 14.7 Å². The fraction of sp³-hybridized carbons (Fsp3) is 0.192. The van der Waals surface area contributed by atoms with E-state index < -0.39 is 0 Å². The Morgan fingerprint density at radius 2 is 1.66 bits per heavy atom. The van der Waals surface area contributed by atoms with E-state index >= 15 is 0 Å². The van der Waals surface area contributed by atoms with E-state index in [-0.39, 0.29) is 23.8 Å². The van der Waals surface area contributed by atoms with Gasteiger partial charge in [-0.2, -0.15) is 5.10 Å². The summed E-state index contributed by atoms with van der Waals surface area (Å²) >= 11 is 0. The Hall–Kier alpha value is -3.93. The molecule has 1 fully saturated rings. The minimum absolute atomic E-state index is 0.0438. The summed E-state index contributed by atoms with van der Waals surface area (Å²) in [6.45, 7) is 0. The number of nitrogens with one attached hydrogen (secondary N) is 3. The number of aromatic nitrogens is 2. The molecule has 2 amide bonds. The van der Waals surface area contributed by atoms with Crippen molar-refractivity contribution in [2.24, 2.45) is 0 Å². The molecule has 0 atom stereocenters. The van der Waals surface area contributed by atoms with Gasteiger partial charge >= 0.3 is 0 Å². The summed E-state index contributed by atoms with van der Waals surface area (Å²) in [5.74, 6) is 0.746. The third kappa shape index (κ3) is 4.39. The van der Waals surface area contributed by atoms with Gasteiger partial charge in [-0.25, -0.2) is 0 Å². The van der Waals surface area contributed by atoms with E-state index in [1.165, 1.54) is 0 Å². The third-order valence-corrected chi connectivity index (χ3v) is 5.98. The Morgan fingerprint density at radius 3 is 2.47 bits per heavy atom. The normalized spacial score (nSPS) is 17.5. The molecule has 1 aliphatic rings. The number of hydrogen-bond donors (Lipinski definition) is 3. The summed E-state index contributed by atoms with van der Waals surface area (Å²) in [5.41, 5.74) is 2.56. The van der Waals surface area contributed by atoms with Gasteiger partial charge in [0.2, 0.25) is 5.91 Å². The minimum atomic E-state index is -0.0860. The monoisotopic (exact) mass is 424 g/mol. The zero-order chi connectivity index (χ0) is 21.9. The van der Waals surface area contributed by atoms with Crippen LogP contribution in [0.4, 0.5) is 5.82 Å². The van der Waals surface area contributed by atoms with Gasteiger partial charge in [-0.1, -0.05) is 60.7 Å². The highest BCUT2D eigenvalue weighted by molar-refractivity contribution is 5.94. The highest BCUT2D eigenvalue weighted by Crippen LogP contribution is 2.36. The summed E-state index contributed by atoms with van der Waals surface area (Å²) in [5, 5.41) is 15.5. The predicted molar refractivity (Wildman–Crippen MR) is 125 cm³/mol. The van der Waals surface area contributed by atoms with Crippen LogP contribution in [0.25, 0.3) is 10.8 Å². The fourth-order valence-corrected chi connectivity index (χ4v) is 4.17. The SMILES string of the molecule is O=C(Cc1ccc2ccccc2c1)Nc1cc(C2CC(NC(=O)c3ccccc3)C2)n[nH]1. The molecule has 0 radical (unpaired) electrons. The minimum Gasteiger partial charge on any atom is -0.349 e. The van der Waals surface area contributed by atoms with Crippen LogP contribution in [0.15, 0.2) is 78.9 Å². The lowest BCUT2D eigenvalue weighted by atomic mass is 9.78. The van der Waals surface area contributed by atoms with Gasteiger partial charge in [0.25, 0.3) is 5.91 Å². The van der Waals surface area contributed by atoms with Crippen molar-refractivity contribution >= 4 is 28.4 Å². The van der Waals surface area contributed by atoms with E-state index in [2.05, 4.69) is 26.9 Å². The molecular formula is C26H24N4O2. The van der Waals surface area contributed by atoms with E-state index in [9.17, 15) is 9.59 Å². The Kier molecular flexibility index (Phi) is 5.42. The summed E-state index contributed by atoms with van der Waals surface area (Å²) in [6, 6.07) is 25.5. The number of anilines is 1. The quantitative estimate of drug-likeness (QED) is 0.428. The topological polar surface area (TPSA) is 86.9 Å². The molecule has 0 aliphatic heterocycles. The molecule has 0 saturated heterocycles. The van der Waals surface area contributed by atoms with Gasteiger partial charge in [0, 0.05) is 23.6 Å². The maximum atomic E-state index is 12.5. The standard InChI is InChI=1S/C26H24N4O2/c31-25(13-17-10-11-18-6-4-5-9-20(18)12-17)28-24-16-23(29-30-24)21-14-22(15-21)27-26(32)19-7-2-1-3-8-19/h1-12,16,21-22H,13-15H2,(H,27,32)(H2,28,29,30,31).